The number of halogens is 1. The van der Waals surface area contributed by atoms with Gasteiger partial charge in [0.15, 0.2) is 5.82 Å². The molecule has 4 amide bonds. The molecule has 5 saturated heterocycles. The number of nitrogens with one attached hydrogen (secondary N) is 3. The molecule has 8 rings (SSSR count). The van der Waals surface area contributed by atoms with Gasteiger partial charge in [-0.25, -0.2) is 4.98 Å². The standard InChI is InChI=1S/C40H49ClN10O5/c41-32-24-43-39(47-36(32)50-14-1-2-31(52)25-50)45-28-21-30(23-42-22-28)51-19-13-40(38(51)56)11-17-49(18-12-40)35(54)20-26-9-15-48(16-10-26)29-5-3-27(4-6-29)44-33-7-8-34(53)46-37(33)55/h3-6,21-24,26,31,33,44,52H,1-2,7-20,25H2,(H,43,45,47)(H,46,53,55)/t31-,33?/m0/s1. The molecule has 0 saturated carbocycles. The molecule has 15 nitrogen and oxygen atoms in total. The first-order valence-corrected chi connectivity index (χ1v) is 20.2. The number of hydrogen-bond donors (Lipinski definition) is 4. The van der Waals surface area contributed by atoms with Gasteiger partial charge in [0, 0.05) is 70.0 Å². The zero-order valence-corrected chi connectivity index (χ0v) is 32.2. The van der Waals surface area contributed by atoms with Crippen molar-refractivity contribution in [1.29, 1.82) is 0 Å². The SMILES string of the molecule is O=C1CCC(Nc2ccc(N3CCC(CC(=O)N4CCC5(CC4)CCN(c4cncc(Nc6ncc(Cl)c(N7CCC[C@H](O)C7)n6)c4)C5=O)CC3)cc2)C(=O)N1. The lowest BCUT2D eigenvalue weighted by Gasteiger charge is -2.39. The van der Waals surface area contributed by atoms with E-state index >= 15 is 0 Å². The third-order valence-corrected chi connectivity index (χ3v) is 12.5. The van der Waals surface area contributed by atoms with Crippen molar-refractivity contribution in [2.24, 2.45) is 11.3 Å². The average molecular weight is 785 g/mol. The number of hydrogen-bond acceptors (Lipinski definition) is 12. The van der Waals surface area contributed by atoms with Gasteiger partial charge in [0.05, 0.1) is 41.5 Å². The van der Waals surface area contributed by atoms with Gasteiger partial charge < -0.3 is 35.3 Å². The Kier molecular flexibility index (Phi) is 11.0. The van der Waals surface area contributed by atoms with E-state index in [1.807, 2.05) is 45.0 Å². The highest BCUT2D eigenvalue weighted by atomic mass is 35.5. The minimum absolute atomic E-state index is 0.0874. The number of pyridine rings is 1. The van der Waals surface area contributed by atoms with Gasteiger partial charge in [-0.2, -0.15) is 4.98 Å². The molecule has 56 heavy (non-hydrogen) atoms. The van der Waals surface area contributed by atoms with Gasteiger partial charge in [-0.05, 0) is 87.6 Å². The average Bonchev–Trinajstić information content (AvgIpc) is 3.51. The zero-order chi connectivity index (χ0) is 38.8. The lowest BCUT2D eigenvalue weighted by atomic mass is 9.77. The zero-order valence-electron chi connectivity index (χ0n) is 31.5. The van der Waals surface area contributed by atoms with E-state index in [0.717, 1.165) is 63.1 Å². The number of piperidine rings is 4. The molecular weight excluding hydrogens is 736 g/mol. The Balaban J connectivity index is 0.800. The summed E-state index contributed by atoms with van der Waals surface area (Å²) in [5.41, 5.74) is 2.82. The number of amides is 4. The van der Waals surface area contributed by atoms with Crippen LogP contribution in [0.2, 0.25) is 5.02 Å². The predicted octanol–water partition coefficient (Wildman–Crippen LogP) is 4.10. The maximum absolute atomic E-state index is 14.0. The number of imide groups is 1. The third-order valence-electron chi connectivity index (χ3n) is 12.2. The minimum atomic E-state index is -0.480. The molecule has 1 unspecified atom stereocenters. The van der Waals surface area contributed by atoms with E-state index in [1.54, 1.807) is 18.6 Å². The summed E-state index contributed by atoms with van der Waals surface area (Å²) in [6.07, 6.45) is 11.4. The quantitative estimate of drug-likeness (QED) is 0.229. The van der Waals surface area contributed by atoms with Gasteiger partial charge in [0.2, 0.25) is 29.6 Å². The smallest absolute Gasteiger partial charge is 0.249 e. The van der Waals surface area contributed by atoms with Crippen LogP contribution in [0, 0.1) is 11.3 Å². The Morgan fingerprint density at radius 1 is 0.893 bits per heavy atom. The minimum Gasteiger partial charge on any atom is -0.391 e. The Hall–Kier alpha value is -5.02. The second kappa shape index (κ2) is 16.2. The van der Waals surface area contributed by atoms with E-state index in [4.69, 9.17) is 11.6 Å². The summed E-state index contributed by atoms with van der Waals surface area (Å²) < 4.78 is 0. The van der Waals surface area contributed by atoms with E-state index in [2.05, 4.69) is 35.8 Å². The molecule has 7 heterocycles. The molecule has 1 spiro atoms. The first-order chi connectivity index (χ1) is 27.1. The Morgan fingerprint density at radius 2 is 1.66 bits per heavy atom. The van der Waals surface area contributed by atoms with Crippen LogP contribution in [0.4, 0.5) is 34.5 Å². The Bertz CT molecular complexity index is 1950. The Morgan fingerprint density at radius 3 is 2.41 bits per heavy atom. The third kappa shape index (κ3) is 8.24. The number of β-amino-alcohol motifs (C(OH)–C–C–N with tert-alkyl or cyclic N) is 1. The number of aliphatic hydroxyl groups is 1. The van der Waals surface area contributed by atoms with Gasteiger partial charge in [0.25, 0.3) is 0 Å². The number of nitrogens with zero attached hydrogens (tertiary/aromatic N) is 7. The van der Waals surface area contributed by atoms with Crippen molar-refractivity contribution < 1.29 is 24.3 Å². The number of carbonyl (C=O) groups excluding carboxylic acids is 4. The van der Waals surface area contributed by atoms with E-state index in [1.165, 1.54) is 0 Å². The molecule has 16 heteroatoms. The lowest BCUT2D eigenvalue weighted by molar-refractivity contribution is -0.138. The largest absolute Gasteiger partial charge is 0.391 e. The molecule has 5 aliphatic rings. The molecule has 2 aromatic heterocycles. The van der Waals surface area contributed by atoms with Crippen molar-refractivity contribution in [2.75, 3.05) is 71.1 Å². The summed E-state index contributed by atoms with van der Waals surface area (Å²) >= 11 is 6.43. The van der Waals surface area contributed by atoms with Crippen molar-refractivity contribution in [2.45, 2.75) is 76.4 Å². The number of likely N-dealkylation sites (tertiary alicyclic amines) is 1. The van der Waals surface area contributed by atoms with Crippen LogP contribution < -0.4 is 30.7 Å². The summed E-state index contributed by atoms with van der Waals surface area (Å²) in [7, 11) is 0. The summed E-state index contributed by atoms with van der Waals surface area (Å²) in [6, 6.07) is 9.50. The Labute approximate surface area is 331 Å². The van der Waals surface area contributed by atoms with Crippen LogP contribution >= 0.6 is 11.6 Å². The van der Waals surface area contributed by atoms with Gasteiger partial charge in [-0.15, -0.1) is 0 Å². The van der Waals surface area contributed by atoms with Crippen molar-refractivity contribution in [3.05, 3.63) is 53.9 Å². The summed E-state index contributed by atoms with van der Waals surface area (Å²) in [4.78, 5) is 72.5. The highest BCUT2D eigenvalue weighted by Gasteiger charge is 2.49. The highest BCUT2D eigenvalue weighted by Crippen LogP contribution is 2.44. The molecular formula is C40H49ClN10O5. The molecule has 296 valence electrons. The molecule has 0 bridgehead atoms. The van der Waals surface area contributed by atoms with E-state index < -0.39 is 17.6 Å². The monoisotopic (exact) mass is 784 g/mol. The van der Waals surface area contributed by atoms with E-state index in [-0.39, 0.29) is 23.6 Å². The van der Waals surface area contributed by atoms with Gasteiger partial charge in [0.1, 0.15) is 11.1 Å². The van der Waals surface area contributed by atoms with Crippen LogP contribution in [0.25, 0.3) is 0 Å². The van der Waals surface area contributed by atoms with Crippen LogP contribution in [0.3, 0.4) is 0 Å². The van der Waals surface area contributed by atoms with Gasteiger partial charge in [-0.3, -0.25) is 29.5 Å². The van der Waals surface area contributed by atoms with Crippen LogP contribution in [0.5, 0.6) is 0 Å². The second-order valence-corrected chi connectivity index (χ2v) is 16.3. The van der Waals surface area contributed by atoms with Crippen molar-refractivity contribution in [3.63, 3.8) is 0 Å². The van der Waals surface area contributed by atoms with Crippen LogP contribution in [0.15, 0.2) is 48.9 Å². The first kappa shape index (κ1) is 37.9. The molecule has 0 radical (unpaired) electrons. The maximum atomic E-state index is 14.0. The summed E-state index contributed by atoms with van der Waals surface area (Å²) in [6.45, 7) is 4.72. The predicted molar refractivity (Wildman–Crippen MR) is 213 cm³/mol. The summed E-state index contributed by atoms with van der Waals surface area (Å²) in [5, 5.41) is 19.4. The van der Waals surface area contributed by atoms with E-state index in [9.17, 15) is 24.3 Å². The highest BCUT2D eigenvalue weighted by molar-refractivity contribution is 6.32. The van der Waals surface area contributed by atoms with Gasteiger partial charge in [-0.1, -0.05) is 11.6 Å². The first-order valence-electron chi connectivity index (χ1n) is 19.9. The fraction of sp³-hybridized carbons (Fsp3) is 0.525. The van der Waals surface area contributed by atoms with E-state index in [0.29, 0.717) is 92.4 Å². The molecule has 4 N–H and O–H groups in total. The number of anilines is 6. The van der Waals surface area contributed by atoms with Gasteiger partial charge >= 0.3 is 0 Å². The number of carbonyl (C=O) groups is 4. The topological polar surface area (TPSA) is 176 Å². The van der Waals surface area contributed by atoms with Crippen LogP contribution in [-0.2, 0) is 19.2 Å². The van der Waals surface area contributed by atoms with Crippen LogP contribution in [-0.4, -0.2) is 107 Å². The molecule has 1 aromatic carbocycles. The van der Waals surface area contributed by atoms with Crippen molar-refractivity contribution in [3.8, 4) is 0 Å². The summed E-state index contributed by atoms with van der Waals surface area (Å²) in [5.74, 6) is 0.995. The number of aliphatic hydroxyl groups excluding tert-OH is 1. The number of aromatic nitrogens is 3. The normalized spacial score (nSPS) is 23.1. The molecule has 0 aliphatic carbocycles. The van der Waals surface area contributed by atoms with Crippen LogP contribution in [0.1, 0.15) is 64.2 Å². The molecule has 2 atom stereocenters. The fourth-order valence-electron chi connectivity index (χ4n) is 8.85. The molecule has 3 aromatic rings. The molecule has 5 fully saturated rings. The maximum Gasteiger partial charge on any atom is 0.249 e. The second-order valence-electron chi connectivity index (χ2n) is 15.9. The fourth-order valence-corrected chi connectivity index (χ4v) is 9.06. The number of benzene rings is 1. The molecule has 5 aliphatic heterocycles. The lowest BCUT2D eigenvalue weighted by Crippen LogP contribution is -2.47. The van der Waals surface area contributed by atoms with Crippen molar-refractivity contribution >= 4 is 69.7 Å². The number of rotatable bonds is 9. The van der Waals surface area contributed by atoms with Crippen molar-refractivity contribution in [1.82, 2.24) is 25.2 Å².